The molecule has 0 amide bonds. The van der Waals surface area contributed by atoms with Gasteiger partial charge >= 0.3 is 0 Å². The number of nitrogens with zero attached hydrogens (tertiary/aromatic N) is 1. The van der Waals surface area contributed by atoms with Crippen molar-refractivity contribution in [2.45, 2.75) is 6.04 Å². The van der Waals surface area contributed by atoms with Crippen molar-refractivity contribution in [1.82, 2.24) is 4.98 Å². The normalized spacial score (nSPS) is 12.6. The van der Waals surface area contributed by atoms with Gasteiger partial charge in [-0.2, -0.15) is 0 Å². The number of benzene rings is 2. The number of nitrogens with two attached hydrogens (primary N) is 1. The largest absolute Gasteiger partial charge is 0.320 e. The lowest BCUT2D eigenvalue weighted by Crippen LogP contribution is -2.13. The van der Waals surface area contributed by atoms with E-state index in [9.17, 15) is 0 Å². The summed E-state index contributed by atoms with van der Waals surface area (Å²) in [5.74, 6) is 0. The molecule has 1 unspecified atom stereocenters. The number of hydrogen-bond acceptors (Lipinski definition) is 2. The van der Waals surface area contributed by atoms with E-state index in [0.717, 1.165) is 26.5 Å². The molecule has 0 saturated carbocycles. The third kappa shape index (κ3) is 2.44. The van der Waals surface area contributed by atoms with Crippen LogP contribution in [0.25, 0.3) is 10.9 Å². The Hall–Kier alpha value is -1.42. The number of hydrogen-bond donors (Lipinski definition) is 1. The number of aromatic nitrogens is 1. The molecule has 1 atom stereocenters. The van der Waals surface area contributed by atoms with E-state index in [2.05, 4.69) is 20.9 Å². The van der Waals surface area contributed by atoms with Gasteiger partial charge in [-0.1, -0.05) is 57.9 Å². The number of halogens is 2. The average Bonchev–Trinajstić information content (AvgIpc) is 2.46. The van der Waals surface area contributed by atoms with Gasteiger partial charge in [-0.15, -0.1) is 0 Å². The number of para-hydroxylation sites is 1. The Bertz CT molecular complexity index is 768. The lowest BCUT2D eigenvalue weighted by Gasteiger charge is -2.16. The summed E-state index contributed by atoms with van der Waals surface area (Å²) in [5, 5.41) is 1.77. The van der Waals surface area contributed by atoms with Crippen LogP contribution in [0.15, 0.2) is 59.2 Å². The molecule has 1 aromatic heterocycles. The highest BCUT2D eigenvalue weighted by Crippen LogP contribution is 2.31. The quantitative estimate of drug-likeness (QED) is 0.730. The SMILES string of the molecule is NC(c1ccc(Cl)cc1Br)c1cccc2cccnc12. The van der Waals surface area contributed by atoms with Crippen molar-refractivity contribution < 1.29 is 0 Å². The minimum atomic E-state index is -0.250. The Kier molecular flexibility index (Phi) is 3.74. The minimum absolute atomic E-state index is 0.250. The summed E-state index contributed by atoms with van der Waals surface area (Å²) in [6, 6.07) is 15.4. The van der Waals surface area contributed by atoms with Crippen LogP contribution in [0.1, 0.15) is 17.2 Å². The standard InChI is InChI=1S/C16H12BrClN2/c17-14-9-11(18)6-7-12(14)15(19)13-5-1-3-10-4-2-8-20-16(10)13/h1-9,15H,19H2. The molecule has 3 rings (SSSR count). The van der Waals surface area contributed by atoms with Gasteiger partial charge in [0.15, 0.2) is 0 Å². The van der Waals surface area contributed by atoms with Crippen LogP contribution >= 0.6 is 27.5 Å². The average molecular weight is 348 g/mol. The van der Waals surface area contributed by atoms with E-state index in [1.807, 2.05) is 48.5 Å². The van der Waals surface area contributed by atoms with Crippen LogP contribution in [-0.2, 0) is 0 Å². The zero-order valence-electron chi connectivity index (χ0n) is 10.6. The Balaban J connectivity index is 2.15. The summed E-state index contributed by atoms with van der Waals surface area (Å²) in [5.41, 5.74) is 9.35. The molecule has 1 heterocycles. The zero-order valence-corrected chi connectivity index (χ0v) is 12.9. The fourth-order valence-corrected chi connectivity index (χ4v) is 3.23. The van der Waals surface area contributed by atoms with Gasteiger partial charge in [0.2, 0.25) is 0 Å². The first-order chi connectivity index (χ1) is 9.66. The summed E-state index contributed by atoms with van der Waals surface area (Å²) in [6.07, 6.45) is 1.79. The van der Waals surface area contributed by atoms with E-state index < -0.39 is 0 Å². The first-order valence-electron chi connectivity index (χ1n) is 6.21. The second-order valence-electron chi connectivity index (χ2n) is 4.57. The lowest BCUT2D eigenvalue weighted by atomic mass is 9.97. The molecular weight excluding hydrogens is 336 g/mol. The summed E-state index contributed by atoms with van der Waals surface area (Å²) in [4.78, 5) is 4.45. The maximum atomic E-state index is 6.42. The molecule has 0 radical (unpaired) electrons. The molecule has 2 nitrogen and oxygen atoms in total. The summed E-state index contributed by atoms with van der Waals surface area (Å²) in [6.45, 7) is 0. The van der Waals surface area contributed by atoms with E-state index in [4.69, 9.17) is 17.3 Å². The smallest absolute Gasteiger partial charge is 0.0753 e. The summed E-state index contributed by atoms with van der Waals surface area (Å²) in [7, 11) is 0. The molecule has 4 heteroatoms. The number of fused-ring (bicyclic) bond motifs is 1. The molecule has 0 aliphatic carbocycles. The Morgan fingerprint density at radius 1 is 1.05 bits per heavy atom. The second kappa shape index (κ2) is 5.52. The molecule has 0 saturated heterocycles. The molecule has 100 valence electrons. The molecule has 20 heavy (non-hydrogen) atoms. The van der Waals surface area contributed by atoms with Crippen molar-refractivity contribution in [3.63, 3.8) is 0 Å². The monoisotopic (exact) mass is 346 g/mol. The maximum absolute atomic E-state index is 6.42. The van der Waals surface area contributed by atoms with Crippen LogP contribution in [-0.4, -0.2) is 4.98 Å². The Morgan fingerprint density at radius 2 is 1.85 bits per heavy atom. The molecule has 2 N–H and O–H groups in total. The summed E-state index contributed by atoms with van der Waals surface area (Å²) >= 11 is 9.50. The maximum Gasteiger partial charge on any atom is 0.0753 e. The first-order valence-corrected chi connectivity index (χ1v) is 7.38. The highest BCUT2D eigenvalue weighted by atomic mass is 79.9. The van der Waals surface area contributed by atoms with Gasteiger partial charge < -0.3 is 5.73 Å². The van der Waals surface area contributed by atoms with Gasteiger partial charge in [0.05, 0.1) is 11.6 Å². The first kappa shape index (κ1) is 13.6. The van der Waals surface area contributed by atoms with Gasteiger partial charge in [0.25, 0.3) is 0 Å². The fourth-order valence-electron chi connectivity index (χ4n) is 2.30. The van der Waals surface area contributed by atoms with Crippen molar-refractivity contribution >= 4 is 38.4 Å². The molecule has 0 fully saturated rings. The highest BCUT2D eigenvalue weighted by molar-refractivity contribution is 9.10. The molecule has 0 aliphatic rings. The van der Waals surface area contributed by atoms with Crippen LogP contribution in [0.3, 0.4) is 0 Å². The predicted octanol–water partition coefficient (Wildman–Crippen LogP) is 4.70. The van der Waals surface area contributed by atoms with E-state index in [1.165, 1.54) is 0 Å². The van der Waals surface area contributed by atoms with Crippen molar-refractivity contribution in [2.75, 3.05) is 0 Å². The topological polar surface area (TPSA) is 38.9 Å². The van der Waals surface area contributed by atoms with Gasteiger partial charge in [0, 0.05) is 21.1 Å². The molecule has 2 aromatic carbocycles. The Morgan fingerprint density at radius 3 is 2.65 bits per heavy atom. The van der Waals surface area contributed by atoms with Crippen molar-refractivity contribution in [3.05, 3.63) is 75.4 Å². The zero-order chi connectivity index (χ0) is 14.1. The van der Waals surface area contributed by atoms with Gasteiger partial charge in [0.1, 0.15) is 0 Å². The third-order valence-corrected chi connectivity index (χ3v) is 4.22. The van der Waals surface area contributed by atoms with Gasteiger partial charge in [-0.05, 0) is 29.3 Å². The molecular formula is C16H12BrClN2. The van der Waals surface area contributed by atoms with Crippen molar-refractivity contribution in [3.8, 4) is 0 Å². The van der Waals surface area contributed by atoms with Crippen molar-refractivity contribution in [1.29, 1.82) is 0 Å². The molecule has 0 bridgehead atoms. The number of pyridine rings is 1. The van der Waals surface area contributed by atoms with Crippen molar-refractivity contribution in [2.24, 2.45) is 5.73 Å². The molecule has 3 aromatic rings. The van der Waals surface area contributed by atoms with E-state index in [-0.39, 0.29) is 6.04 Å². The van der Waals surface area contributed by atoms with Crippen LogP contribution in [0.5, 0.6) is 0 Å². The summed E-state index contributed by atoms with van der Waals surface area (Å²) < 4.78 is 0.908. The highest BCUT2D eigenvalue weighted by Gasteiger charge is 2.15. The van der Waals surface area contributed by atoms with Gasteiger partial charge in [-0.25, -0.2) is 0 Å². The Labute approximate surface area is 130 Å². The molecule has 0 aliphatic heterocycles. The van der Waals surface area contributed by atoms with Crippen LogP contribution in [0, 0.1) is 0 Å². The third-order valence-electron chi connectivity index (χ3n) is 3.30. The van der Waals surface area contributed by atoms with Crippen LogP contribution < -0.4 is 5.73 Å². The van der Waals surface area contributed by atoms with E-state index in [1.54, 1.807) is 6.20 Å². The van der Waals surface area contributed by atoms with Crippen LogP contribution in [0.4, 0.5) is 0 Å². The fraction of sp³-hybridized carbons (Fsp3) is 0.0625. The molecule has 0 spiro atoms. The van der Waals surface area contributed by atoms with E-state index in [0.29, 0.717) is 5.02 Å². The number of rotatable bonds is 2. The second-order valence-corrected chi connectivity index (χ2v) is 5.86. The van der Waals surface area contributed by atoms with Crippen LogP contribution in [0.2, 0.25) is 5.02 Å². The minimum Gasteiger partial charge on any atom is -0.320 e. The predicted molar refractivity (Wildman–Crippen MR) is 86.9 cm³/mol. The van der Waals surface area contributed by atoms with E-state index >= 15 is 0 Å². The van der Waals surface area contributed by atoms with Gasteiger partial charge in [-0.3, -0.25) is 4.98 Å². The lowest BCUT2D eigenvalue weighted by molar-refractivity contribution is 0.871.